The second kappa shape index (κ2) is 6.93. The molecule has 0 aromatic heterocycles. The lowest BCUT2D eigenvalue weighted by molar-refractivity contribution is 0.0739. The van der Waals surface area contributed by atoms with Crippen LogP contribution >= 0.6 is 0 Å². The van der Waals surface area contributed by atoms with E-state index in [1.807, 2.05) is 0 Å². The molecule has 4 nitrogen and oxygen atoms in total. The average molecular weight is 326 g/mol. The van der Waals surface area contributed by atoms with Crippen molar-refractivity contribution in [1.29, 1.82) is 0 Å². The number of nitrogens with one attached hydrogen (secondary N) is 1. The van der Waals surface area contributed by atoms with Crippen molar-refractivity contribution in [2.75, 3.05) is 20.1 Å². The highest BCUT2D eigenvalue weighted by molar-refractivity contribution is 6.15. The molecule has 1 heterocycles. The lowest BCUT2D eigenvalue weighted by Crippen LogP contribution is -2.39. The molecule has 1 aliphatic heterocycles. The van der Waals surface area contributed by atoms with E-state index in [1.165, 1.54) is 24.3 Å². The number of halogens is 1. The second-order valence-corrected chi connectivity index (χ2v) is 5.94. The molecule has 1 fully saturated rings. The maximum absolute atomic E-state index is 13.1. The Bertz CT molecular complexity index is 752. The third kappa shape index (κ3) is 3.21. The third-order valence-corrected chi connectivity index (χ3v) is 4.41. The van der Waals surface area contributed by atoms with E-state index in [-0.39, 0.29) is 17.7 Å². The van der Waals surface area contributed by atoms with Crippen molar-refractivity contribution in [1.82, 2.24) is 10.2 Å². The van der Waals surface area contributed by atoms with E-state index in [1.54, 1.807) is 36.2 Å². The Morgan fingerprint density at radius 2 is 1.75 bits per heavy atom. The topological polar surface area (TPSA) is 49.4 Å². The van der Waals surface area contributed by atoms with Gasteiger partial charge in [-0.1, -0.05) is 18.2 Å². The first-order chi connectivity index (χ1) is 11.6. The first-order valence-electron chi connectivity index (χ1n) is 7.95. The summed E-state index contributed by atoms with van der Waals surface area (Å²) in [7, 11) is 1.76. The monoisotopic (exact) mass is 326 g/mol. The van der Waals surface area contributed by atoms with Crippen LogP contribution in [0.15, 0.2) is 48.5 Å². The van der Waals surface area contributed by atoms with E-state index < -0.39 is 5.82 Å². The first-order valence-corrected chi connectivity index (χ1v) is 7.95. The molecular formula is C19H19FN2O2. The van der Waals surface area contributed by atoms with Gasteiger partial charge in [-0.3, -0.25) is 9.59 Å². The van der Waals surface area contributed by atoms with Gasteiger partial charge in [-0.15, -0.1) is 0 Å². The molecule has 0 spiro atoms. The van der Waals surface area contributed by atoms with Crippen molar-refractivity contribution in [2.45, 2.75) is 12.5 Å². The Morgan fingerprint density at radius 3 is 2.38 bits per heavy atom. The van der Waals surface area contributed by atoms with Crippen molar-refractivity contribution in [2.24, 2.45) is 0 Å². The fourth-order valence-electron chi connectivity index (χ4n) is 2.95. The summed E-state index contributed by atoms with van der Waals surface area (Å²) in [4.78, 5) is 27.2. The molecule has 1 unspecified atom stereocenters. The number of carbonyl (C=O) groups excluding carboxylic acids is 2. The number of hydrogen-bond acceptors (Lipinski definition) is 3. The summed E-state index contributed by atoms with van der Waals surface area (Å²) in [5.74, 6) is -0.851. The molecule has 0 bridgehead atoms. The first kappa shape index (κ1) is 16.3. The molecule has 1 aliphatic rings. The van der Waals surface area contributed by atoms with Crippen molar-refractivity contribution in [3.05, 3.63) is 71.0 Å². The van der Waals surface area contributed by atoms with Gasteiger partial charge in [-0.05, 0) is 43.3 Å². The van der Waals surface area contributed by atoms with E-state index in [0.717, 1.165) is 19.5 Å². The summed E-state index contributed by atoms with van der Waals surface area (Å²) in [6, 6.07) is 12.3. The number of benzene rings is 2. The molecule has 1 saturated heterocycles. The van der Waals surface area contributed by atoms with Gasteiger partial charge in [0, 0.05) is 30.8 Å². The summed E-state index contributed by atoms with van der Waals surface area (Å²) in [6.07, 6.45) is 0.899. The molecular weight excluding hydrogens is 307 g/mol. The quantitative estimate of drug-likeness (QED) is 0.878. The van der Waals surface area contributed by atoms with Gasteiger partial charge in [-0.25, -0.2) is 4.39 Å². The second-order valence-electron chi connectivity index (χ2n) is 5.94. The summed E-state index contributed by atoms with van der Waals surface area (Å²) < 4.78 is 13.1. The van der Waals surface area contributed by atoms with Gasteiger partial charge in [-0.2, -0.15) is 0 Å². The molecule has 1 amide bonds. The Morgan fingerprint density at radius 1 is 1.08 bits per heavy atom. The molecule has 0 aliphatic carbocycles. The Balaban J connectivity index is 1.91. The highest BCUT2D eigenvalue weighted by Crippen LogP contribution is 2.19. The van der Waals surface area contributed by atoms with E-state index in [4.69, 9.17) is 0 Å². The van der Waals surface area contributed by atoms with Crippen LogP contribution in [-0.4, -0.2) is 42.8 Å². The minimum atomic E-state index is -0.399. The molecule has 1 atom stereocenters. The van der Waals surface area contributed by atoms with Crippen LogP contribution in [0.1, 0.15) is 32.7 Å². The normalized spacial score (nSPS) is 16.8. The van der Waals surface area contributed by atoms with Crippen molar-refractivity contribution in [3.63, 3.8) is 0 Å². The van der Waals surface area contributed by atoms with Gasteiger partial charge < -0.3 is 10.2 Å². The summed E-state index contributed by atoms with van der Waals surface area (Å²) in [6.45, 7) is 1.65. The largest absolute Gasteiger partial charge is 0.337 e. The van der Waals surface area contributed by atoms with Gasteiger partial charge >= 0.3 is 0 Å². The van der Waals surface area contributed by atoms with Crippen LogP contribution in [0.2, 0.25) is 0 Å². The zero-order chi connectivity index (χ0) is 17.1. The Kier molecular flexibility index (Phi) is 4.71. The minimum absolute atomic E-state index is 0.131. The molecule has 3 rings (SSSR count). The number of ketones is 1. The van der Waals surface area contributed by atoms with Gasteiger partial charge in [0.15, 0.2) is 5.78 Å². The highest BCUT2D eigenvalue weighted by atomic mass is 19.1. The summed E-state index contributed by atoms with van der Waals surface area (Å²) in [5.41, 5.74) is 1.08. The molecule has 1 N–H and O–H groups in total. The molecule has 0 radical (unpaired) electrons. The number of hydrogen-bond donors (Lipinski definition) is 1. The fourth-order valence-corrected chi connectivity index (χ4v) is 2.95. The van der Waals surface area contributed by atoms with E-state index in [9.17, 15) is 14.0 Å². The molecule has 5 heteroatoms. The van der Waals surface area contributed by atoms with Gasteiger partial charge in [0.2, 0.25) is 0 Å². The number of amides is 1. The van der Waals surface area contributed by atoms with E-state index >= 15 is 0 Å². The van der Waals surface area contributed by atoms with Crippen molar-refractivity contribution >= 4 is 11.7 Å². The van der Waals surface area contributed by atoms with Crippen LogP contribution in [0.4, 0.5) is 4.39 Å². The SMILES string of the molecule is CN(C(=O)c1ccccc1C(=O)c1ccc(F)cc1)C1CCNC1. The molecule has 0 saturated carbocycles. The Labute approximate surface area is 140 Å². The average Bonchev–Trinajstić information content (AvgIpc) is 3.15. The maximum Gasteiger partial charge on any atom is 0.254 e. The predicted molar refractivity (Wildman–Crippen MR) is 89.6 cm³/mol. The van der Waals surface area contributed by atoms with Gasteiger partial charge in [0.25, 0.3) is 5.91 Å². The number of likely N-dealkylation sites (N-methyl/N-ethyl adjacent to an activating group) is 1. The maximum atomic E-state index is 13.1. The van der Waals surface area contributed by atoms with Crippen LogP contribution in [0.5, 0.6) is 0 Å². The molecule has 2 aromatic carbocycles. The van der Waals surface area contributed by atoms with Crippen LogP contribution in [-0.2, 0) is 0 Å². The number of nitrogens with zero attached hydrogens (tertiary/aromatic N) is 1. The fraction of sp³-hybridized carbons (Fsp3) is 0.263. The third-order valence-electron chi connectivity index (χ3n) is 4.41. The Hall–Kier alpha value is -2.53. The molecule has 24 heavy (non-hydrogen) atoms. The lowest BCUT2D eigenvalue weighted by Gasteiger charge is -2.24. The smallest absolute Gasteiger partial charge is 0.254 e. The van der Waals surface area contributed by atoms with E-state index in [0.29, 0.717) is 16.7 Å². The van der Waals surface area contributed by atoms with Crippen molar-refractivity contribution in [3.8, 4) is 0 Å². The summed E-state index contributed by atoms with van der Waals surface area (Å²) in [5, 5.41) is 3.23. The number of carbonyl (C=O) groups is 2. The van der Waals surface area contributed by atoms with Crippen molar-refractivity contribution < 1.29 is 14.0 Å². The molecule has 124 valence electrons. The number of rotatable bonds is 4. The van der Waals surface area contributed by atoms with Gasteiger partial charge in [0.05, 0.1) is 5.56 Å². The van der Waals surface area contributed by atoms with Crippen LogP contribution in [0.25, 0.3) is 0 Å². The minimum Gasteiger partial charge on any atom is -0.337 e. The van der Waals surface area contributed by atoms with Crippen LogP contribution in [0, 0.1) is 5.82 Å². The molecule has 2 aromatic rings. The predicted octanol–water partition coefficient (Wildman–Crippen LogP) is 2.49. The standard InChI is InChI=1S/C19H19FN2O2/c1-22(15-10-11-21-12-15)19(24)17-5-3-2-4-16(17)18(23)13-6-8-14(20)9-7-13/h2-9,15,21H,10-12H2,1H3. The zero-order valence-electron chi connectivity index (χ0n) is 13.5. The van der Waals surface area contributed by atoms with Crippen LogP contribution in [0.3, 0.4) is 0 Å². The zero-order valence-corrected chi connectivity index (χ0v) is 13.5. The van der Waals surface area contributed by atoms with Gasteiger partial charge in [0.1, 0.15) is 5.82 Å². The van der Waals surface area contributed by atoms with Crippen LogP contribution < -0.4 is 5.32 Å². The van der Waals surface area contributed by atoms with E-state index in [2.05, 4.69) is 5.32 Å². The summed E-state index contributed by atoms with van der Waals surface area (Å²) >= 11 is 0. The highest BCUT2D eigenvalue weighted by Gasteiger charge is 2.26. The lowest BCUT2D eigenvalue weighted by atomic mass is 9.97.